The molecule has 1 rings (SSSR count). The molecule has 20 heavy (non-hydrogen) atoms. The van der Waals surface area contributed by atoms with Crippen molar-refractivity contribution < 1.29 is 9.72 Å². The third-order valence-electron chi connectivity index (χ3n) is 2.32. The molecule has 0 aromatic carbocycles. The minimum atomic E-state index is -0.651. The van der Waals surface area contributed by atoms with Gasteiger partial charge in [0.2, 0.25) is 11.7 Å². The molecule has 8 heteroatoms. The van der Waals surface area contributed by atoms with Gasteiger partial charge in [0, 0.05) is 18.8 Å². The number of nitriles is 1. The first kappa shape index (κ1) is 15.4. The van der Waals surface area contributed by atoms with Crippen LogP contribution in [0.15, 0.2) is 12.3 Å². The Bertz CT molecular complexity index is 551. The second-order valence-electron chi connectivity index (χ2n) is 4.51. The minimum Gasteiger partial charge on any atom is -0.355 e. The van der Waals surface area contributed by atoms with Crippen LogP contribution in [-0.4, -0.2) is 28.9 Å². The number of nitrogens with one attached hydrogen (secondary N) is 2. The molecule has 1 aromatic heterocycles. The van der Waals surface area contributed by atoms with Gasteiger partial charge in [0.15, 0.2) is 0 Å². The standard InChI is InChI=1S/C12H15N5O3/c1-8(2)5-14-11(18)7-16-12-10(17(19)20)3-9(4-13)6-15-12/h3,6,8H,5,7H2,1-2H3,(H,14,18)(H,15,16). The van der Waals surface area contributed by atoms with E-state index in [1.807, 2.05) is 13.8 Å². The number of carbonyl (C=O) groups is 1. The van der Waals surface area contributed by atoms with Gasteiger partial charge in [0.05, 0.1) is 17.0 Å². The van der Waals surface area contributed by atoms with E-state index in [4.69, 9.17) is 5.26 Å². The van der Waals surface area contributed by atoms with E-state index >= 15 is 0 Å². The van der Waals surface area contributed by atoms with Crippen LogP contribution < -0.4 is 10.6 Å². The molecule has 1 aromatic rings. The highest BCUT2D eigenvalue weighted by Gasteiger charge is 2.17. The van der Waals surface area contributed by atoms with Crippen LogP contribution in [0.3, 0.4) is 0 Å². The number of aromatic nitrogens is 1. The fourth-order valence-electron chi connectivity index (χ4n) is 1.33. The monoisotopic (exact) mass is 277 g/mol. The number of hydrogen-bond donors (Lipinski definition) is 2. The van der Waals surface area contributed by atoms with Gasteiger partial charge in [-0.2, -0.15) is 5.26 Å². The second kappa shape index (κ2) is 7.04. The van der Waals surface area contributed by atoms with Gasteiger partial charge in [0.1, 0.15) is 6.07 Å². The Labute approximate surface area is 116 Å². The predicted octanol–water partition coefficient (Wildman–Crippen LogP) is 1.05. The summed E-state index contributed by atoms with van der Waals surface area (Å²) in [6, 6.07) is 2.89. The Morgan fingerprint density at radius 1 is 1.60 bits per heavy atom. The van der Waals surface area contributed by atoms with Crippen molar-refractivity contribution in [2.24, 2.45) is 5.92 Å². The van der Waals surface area contributed by atoms with Gasteiger partial charge in [-0.05, 0) is 5.92 Å². The van der Waals surface area contributed by atoms with Crippen LogP contribution in [0, 0.1) is 27.4 Å². The summed E-state index contributed by atoms with van der Waals surface area (Å²) in [5.74, 6) is 0.00850. The molecule has 0 radical (unpaired) electrons. The molecule has 8 nitrogen and oxygen atoms in total. The highest BCUT2D eigenvalue weighted by Crippen LogP contribution is 2.22. The molecule has 0 saturated heterocycles. The van der Waals surface area contributed by atoms with E-state index in [1.165, 1.54) is 6.20 Å². The molecular weight excluding hydrogens is 262 g/mol. The van der Waals surface area contributed by atoms with E-state index in [2.05, 4.69) is 15.6 Å². The average molecular weight is 277 g/mol. The van der Waals surface area contributed by atoms with Gasteiger partial charge < -0.3 is 10.6 Å². The summed E-state index contributed by atoms with van der Waals surface area (Å²) in [6.07, 6.45) is 1.21. The molecule has 1 amide bonds. The van der Waals surface area contributed by atoms with Gasteiger partial charge in [-0.25, -0.2) is 4.98 Å². The Morgan fingerprint density at radius 2 is 2.30 bits per heavy atom. The van der Waals surface area contributed by atoms with Crippen molar-refractivity contribution >= 4 is 17.4 Å². The van der Waals surface area contributed by atoms with E-state index in [0.717, 1.165) is 6.07 Å². The van der Waals surface area contributed by atoms with Crippen molar-refractivity contribution in [3.05, 3.63) is 27.9 Å². The number of rotatable bonds is 6. The van der Waals surface area contributed by atoms with Gasteiger partial charge in [0.25, 0.3) is 0 Å². The Balaban J connectivity index is 2.71. The number of hydrogen-bond acceptors (Lipinski definition) is 6. The van der Waals surface area contributed by atoms with Crippen LogP contribution in [0.4, 0.5) is 11.5 Å². The molecule has 0 fully saturated rings. The quantitative estimate of drug-likeness (QED) is 0.592. The number of amides is 1. The first-order valence-corrected chi connectivity index (χ1v) is 5.99. The Morgan fingerprint density at radius 3 is 2.85 bits per heavy atom. The summed E-state index contributed by atoms with van der Waals surface area (Å²) in [5, 5.41) is 24.8. The van der Waals surface area contributed by atoms with Gasteiger partial charge in [-0.3, -0.25) is 14.9 Å². The van der Waals surface area contributed by atoms with Crippen LogP contribution in [0.25, 0.3) is 0 Å². The van der Waals surface area contributed by atoms with Gasteiger partial charge in [-0.15, -0.1) is 0 Å². The fraction of sp³-hybridized carbons (Fsp3) is 0.417. The lowest BCUT2D eigenvalue weighted by Crippen LogP contribution is -2.32. The van der Waals surface area contributed by atoms with Gasteiger partial charge >= 0.3 is 5.69 Å². The first-order valence-electron chi connectivity index (χ1n) is 5.99. The smallest absolute Gasteiger partial charge is 0.312 e. The molecule has 0 saturated carbocycles. The topological polar surface area (TPSA) is 121 Å². The molecule has 0 spiro atoms. The number of nitro groups is 1. The van der Waals surface area contributed by atoms with Crippen LogP contribution in [0.1, 0.15) is 19.4 Å². The van der Waals surface area contributed by atoms with E-state index in [-0.39, 0.29) is 29.5 Å². The lowest BCUT2D eigenvalue weighted by molar-refractivity contribution is -0.384. The highest BCUT2D eigenvalue weighted by molar-refractivity contribution is 5.81. The maximum Gasteiger partial charge on any atom is 0.312 e. The molecular formula is C12H15N5O3. The summed E-state index contributed by atoms with van der Waals surface area (Å²) >= 11 is 0. The van der Waals surface area contributed by atoms with Gasteiger partial charge in [-0.1, -0.05) is 13.8 Å². The van der Waals surface area contributed by atoms with E-state index in [9.17, 15) is 14.9 Å². The number of anilines is 1. The van der Waals surface area contributed by atoms with Crippen molar-refractivity contribution in [2.75, 3.05) is 18.4 Å². The molecule has 1 heterocycles. The number of pyridine rings is 1. The molecule has 0 atom stereocenters. The SMILES string of the molecule is CC(C)CNC(=O)CNc1ncc(C#N)cc1[N+](=O)[O-]. The van der Waals surface area contributed by atoms with Crippen molar-refractivity contribution in [3.8, 4) is 6.07 Å². The molecule has 0 unspecified atom stereocenters. The van der Waals surface area contributed by atoms with Crippen molar-refractivity contribution in [3.63, 3.8) is 0 Å². The zero-order chi connectivity index (χ0) is 15.1. The lowest BCUT2D eigenvalue weighted by Gasteiger charge is -2.09. The maximum atomic E-state index is 11.5. The molecule has 2 N–H and O–H groups in total. The van der Waals surface area contributed by atoms with Crippen LogP contribution >= 0.6 is 0 Å². The zero-order valence-electron chi connectivity index (χ0n) is 11.2. The first-order chi connectivity index (χ1) is 9.43. The van der Waals surface area contributed by atoms with E-state index in [1.54, 1.807) is 6.07 Å². The third-order valence-corrected chi connectivity index (χ3v) is 2.32. The summed E-state index contributed by atoms with van der Waals surface area (Å²) in [7, 11) is 0. The minimum absolute atomic E-state index is 0.0336. The summed E-state index contributed by atoms with van der Waals surface area (Å²) < 4.78 is 0. The second-order valence-corrected chi connectivity index (χ2v) is 4.51. The summed E-state index contributed by atoms with van der Waals surface area (Å²) in [6.45, 7) is 4.33. The number of carbonyl (C=O) groups excluding carboxylic acids is 1. The largest absolute Gasteiger partial charge is 0.355 e. The fourth-order valence-corrected chi connectivity index (χ4v) is 1.33. The normalized spacial score (nSPS) is 9.90. The lowest BCUT2D eigenvalue weighted by atomic mass is 10.2. The number of nitrogens with zero attached hydrogens (tertiary/aromatic N) is 3. The van der Waals surface area contributed by atoms with Crippen molar-refractivity contribution in [2.45, 2.75) is 13.8 Å². The van der Waals surface area contributed by atoms with Crippen molar-refractivity contribution in [1.29, 1.82) is 5.26 Å². The molecule has 0 aliphatic rings. The van der Waals surface area contributed by atoms with Crippen LogP contribution in [-0.2, 0) is 4.79 Å². The zero-order valence-corrected chi connectivity index (χ0v) is 11.2. The average Bonchev–Trinajstić information content (AvgIpc) is 2.42. The van der Waals surface area contributed by atoms with E-state index < -0.39 is 4.92 Å². The third kappa shape index (κ3) is 4.53. The Kier molecular flexibility index (Phi) is 5.41. The molecule has 106 valence electrons. The van der Waals surface area contributed by atoms with Crippen molar-refractivity contribution in [1.82, 2.24) is 10.3 Å². The summed E-state index contributed by atoms with van der Waals surface area (Å²) in [5.41, 5.74) is -0.243. The molecule has 0 bridgehead atoms. The Hall–Kier alpha value is -2.69. The van der Waals surface area contributed by atoms with Crippen LogP contribution in [0.5, 0.6) is 0 Å². The molecule has 0 aliphatic carbocycles. The molecule has 0 aliphatic heterocycles. The summed E-state index contributed by atoms with van der Waals surface area (Å²) in [4.78, 5) is 25.5. The highest BCUT2D eigenvalue weighted by atomic mass is 16.6. The maximum absolute atomic E-state index is 11.5. The predicted molar refractivity (Wildman–Crippen MR) is 71.9 cm³/mol. The van der Waals surface area contributed by atoms with Crippen LogP contribution in [0.2, 0.25) is 0 Å². The van der Waals surface area contributed by atoms with E-state index in [0.29, 0.717) is 12.5 Å².